The summed E-state index contributed by atoms with van der Waals surface area (Å²) in [7, 11) is 1.70. The molecule has 132 valence electrons. The van der Waals surface area contributed by atoms with Gasteiger partial charge in [0.05, 0.1) is 24.0 Å². The predicted molar refractivity (Wildman–Crippen MR) is 96.4 cm³/mol. The molecule has 0 amide bonds. The lowest BCUT2D eigenvalue weighted by molar-refractivity contribution is 0.160. The van der Waals surface area contributed by atoms with Crippen molar-refractivity contribution >= 4 is 10.9 Å². The highest BCUT2D eigenvalue weighted by Crippen LogP contribution is 2.13. The summed E-state index contributed by atoms with van der Waals surface area (Å²) in [5.41, 5.74) is 0.609. The summed E-state index contributed by atoms with van der Waals surface area (Å²) in [6.07, 6.45) is 0.897. The maximum absolute atomic E-state index is 12.3. The second-order valence-corrected chi connectivity index (χ2v) is 6.10. The van der Waals surface area contributed by atoms with E-state index in [-0.39, 0.29) is 5.56 Å². The molecule has 3 rings (SSSR count). The molecule has 0 saturated heterocycles. The van der Waals surface area contributed by atoms with Gasteiger partial charge in [0.15, 0.2) is 0 Å². The summed E-state index contributed by atoms with van der Waals surface area (Å²) in [5, 5.41) is 0.610. The van der Waals surface area contributed by atoms with Crippen LogP contribution in [0.25, 0.3) is 10.9 Å². The van der Waals surface area contributed by atoms with Gasteiger partial charge in [-0.15, -0.1) is 0 Å². The molecule has 0 fully saturated rings. The van der Waals surface area contributed by atoms with E-state index in [1.165, 1.54) is 0 Å². The van der Waals surface area contributed by atoms with Crippen molar-refractivity contribution in [3.05, 3.63) is 64.1 Å². The fourth-order valence-corrected chi connectivity index (χ4v) is 2.86. The minimum atomic E-state index is -0.105. The Hall–Kier alpha value is -2.44. The molecule has 0 unspecified atom stereocenters. The molecule has 0 aliphatic rings. The number of para-hydroxylation sites is 1. The Kier molecular flexibility index (Phi) is 5.63. The molecule has 0 bridgehead atoms. The zero-order valence-corrected chi connectivity index (χ0v) is 14.6. The van der Waals surface area contributed by atoms with E-state index in [0.29, 0.717) is 36.4 Å². The summed E-state index contributed by atoms with van der Waals surface area (Å²) < 4.78 is 10.8. The van der Waals surface area contributed by atoms with Gasteiger partial charge in [-0.25, -0.2) is 4.98 Å². The van der Waals surface area contributed by atoms with Crippen LogP contribution >= 0.6 is 0 Å². The van der Waals surface area contributed by atoms with Crippen LogP contribution in [0.3, 0.4) is 0 Å². The maximum atomic E-state index is 12.3. The molecule has 0 saturated carbocycles. The van der Waals surface area contributed by atoms with Crippen LogP contribution in [0.15, 0.2) is 45.6 Å². The number of H-pyrrole nitrogens is 1. The summed E-state index contributed by atoms with van der Waals surface area (Å²) in [6.45, 7) is 4.65. The van der Waals surface area contributed by atoms with Gasteiger partial charge in [0.25, 0.3) is 5.56 Å². The lowest BCUT2D eigenvalue weighted by Gasteiger charge is -2.20. The number of rotatable bonds is 8. The van der Waals surface area contributed by atoms with E-state index in [1.54, 1.807) is 13.2 Å². The highest BCUT2D eigenvalue weighted by atomic mass is 16.5. The van der Waals surface area contributed by atoms with Gasteiger partial charge in [-0.2, -0.15) is 0 Å². The van der Waals surface area contributed by atoms with Crippen molar-refractivity contribution < 1.29 is 9.15 Å². The Bertz CT molecular complexity index is 885. The van der Waals surface area contributed by atoms with Crippen molar-refractivity contribution in [2.24, 2.45) is 0 Å². The Morgan fingerprint density at radius 3 is 2.80 bits per heavy atom. The van der Waals surface area contributed by atoms with Gasteiger partial charge in [-0.3, -0.25) is 9.69 Å². The molecule has 2 heterocycles. The number of fused-ring (bicyclic) bond motifs is 1. The molecule has 0 atom stereocenters. The van der Waals surface area contributed by atoms with E-state index in [2.05, 4.69) is 14.9 Å². The number of aromatic nitrogens is 2. The molecule has 0 spiro atoms. The van der Waals surface area contributed by atoms with Crippen LogP contribution in [0, 0.1) is 6.92 Å². The molecular weight excluding hydrogens is 318 g/mol. The molecule has 0 aliphatic carbocycles. The van der Waals surface area contributed by atoms with Crippen molar-refractivity contribution in [1.29, 1.82) is 0 Å². The monoisotopic (exact) mass is 341 g/mol. The van der Waals surface area contributed by atoms with Crippen molar-refractivity contribution in [3.63, 3.8) is 0 Å². The van der Waals surface area contributed by atoms with Gasteiger partial charge >= 0.3 is 0 Å². The number of hydrogen-bond acceptors (Lipinski definition) is 5. The fraction of sp³-hybridized carbons (Fsp3) is 0.368. The molecule has 2 aromatic heterocycles. The van der Waals surface area contributed by atoms with Crippen LogP contribution in [-0.4, -0.2) is 35.1 Å². The predicted octanol–water partition coefficient (Wildman–Crippen LogP) is 2.86. The van der Waals surface area contributed by atoms with Gasteiger partial charge in [0.2, 0.25) is 0 Å². The van der Waals surface area contributed by atoms with Crippen molar-refractivity contribution in [2.75, 3.05) is 20.3 Å². The second kappa shape index (κ2) is 8.09. The zero-order chi connectivity index (χ0) is 17.6. The Morgan fingerprint density at radius 1 is 1.20 bits per heavy atom. The van der Waals surface area contributed by atoms with E-state index in [9.17, 15) is 4.79 Å². The first-order valence-corrected chi connectivity index (χ1v) is 8.40. The van der Waals surface area contributed by atoms with Crippen LogP contribution < -0.4 is 5.56 Å². The van der Waals surface area contributed by atoms with Crippen LogP contribution in [0.1, 0.15) is 23.8 Å². The minimum absolute atomic E-state index is 0.105. The smallest absolute Gasteiger partial charge is 0.258 e. The number of hydrogen-bond donors (Lipinski definition) is 1. The van der Waals surface area contributed by atoms with Crippen molar-refractivity contribution in [1.82, 2.24) is 14.9 Å². The number of benzene rings is 1. The molecule has 1 N–H and O–H groups in total. The molecule has 6 nitrogen and oxygen atoms in total. The quantitative estimate of drug-likeness (QED) is 0.638. The van der Waals surface area contributed by atoms with Gasteiger partial charge in [-0.1, -0.05) is 12.1 Å². The first kappa shape index (κ1) is 17.4. The van der Waals surface area contributed by atoms with Crippen LogP contribution in [0.2, 0.25) is 0 Å². The molecule has 0 radical (unpaired) electrons. The minimum Gasteiger partial charge on any atom is -0.465 e. The summed E-state index contributed by atoms with van der Waals surface area (Å²) in [6, 6.07) is 11.3. The SMILES string of the molecule is COCCCN(Cc1nc2ccccc2c(=O)[nH]1)Cc1ccc(C)o1. The number of methoxy groups -OCH3 is 1. The average Bonchev–Trinajstić information content (AvgIpc) is 3.00. The molecule has 1 aromatic carbocycles. The number of aryl methyl sites for hydroxylation is 1. The van der Waals surface area contributed by atoms with E-state index in [0.717, 1.165) is 24.5 Å². The maximum Gasteiger partial charge on any atom is 0.258 e. The van der Waals surface area contributed by atoms with Gasteiger partial charge < -0.3 is 14.1 Å². The molecule has 3 aromatic rings. The number of nitrogens with one attached hydrogen (secondary N) is 1. The van der Waals surface area contributed by atoms with E-state index < -0.39 is 0 Å². The number of furan rings is 1. The first-order valence-electron chi connectivity index (χ1n) is 8.40. The Morgan fingerprint density at radius 2 is 2.04 bits per heavy atom. The van der Waals surface area contributed by atoms with Crippen LogP contribution in [0.5, 0.6) is 0 Å². The van der Waals surface area contributed by atoms with Crippen molar-refractivity contribution in [3.8, 4) is 0 Å². The third-order valence-electron chi connectivity index (χ3n) is 4.03. The summed E-state index contributed by atoms with van der Waals surface area (Å²) in [4.78, 5) is 21.9. The number of aromatic amines is 1. The molecular formula is C19H23N3O3. The van der Waals surface area contributed by atoms with Crippen LogP contribution in [-0.2, 0) is 17.8 Å². The Labute approximate surface area is 146 Å². The largest absolute Gasteiger partial charge is 0.465 e. The topological polar surface area (TPSA) is 71.4 Å². The third kappa shape index (κ3) is 4.55. The zero-order valence-electron chi connectivity index (χ0n) is 14.6. The van der Waals surface area contributed by atoms with Gasteiger partial charge in [-0.05, 0) is 37.6 Å². The summed E-state index contributed by atoms with van der Waals surface area (Å²) in [5.74, 6) is 2.45. The van der Waals surface area contributed by atoms with Crippen molar-refractivity contribution in [2.45, 2.75) is 26.4 Å². The highest BCUT2D eigenvalue weighted by molar-refractivity contribution is 5.77. The average molecular weight is 341 g/mol. The third-order valence-corrected chi connectivity index (χ3v) is 4.03. The lowest BCUT2D eigenvalue weighted by atomic mass is 10.2. The highest BCUT2D eigenvalue weighted by Gasteiger charge is 2.12. The number of nitrogens with zero attached hydrogens (tertiary/aromatic N) is 2. The first-order chi connectivity index (χ1) is 12.2. The second-order valence-electron chi connectivity index (χ2n) is 6.10. The van der Waals surface area contributed by atoms with E-state index in [1.807, 2.05) is 37.3 Å². The van der Waals surface area contributed by atoms with Crippen LogP contribution in [0.4, 0.5) is 0 Å². The Balaban J connectivity index is 1.79. The standard InChI is InChI=1S/C19H23N3O3/c1-14-8-9-15(25-14)12-22(10-5-11-24-2)13-18-20-17-7-4-3-6-16(17)19(23)21-18/h3-4,6-9H,5,10-13H2,1-2H3,(H,20,21,23). The number of ether oxygens (including phenoxy) is 1. The van der Waals surface area contributed by atoms with Gasteiger partial charge in [0.1, 0.15) is 17.3 Å². The molecule has 25 heavy (non-hydrogen) atoms. The fourth-order valence-electron chi connectivity index (χ4n) is 2.86. The molecule has 0 aliphatic heterocycles. The van der Waals surface area contributed by atoms with E-state index in [4.69, 9.17) is 9.15 Å². The normalized spacial score (nSPS) is 11.5. The summed E-state index contributed by atoms with van der Waals surface area (Å²) >= 11 is 0. The molecule has 6 heteroatoms. The van der Waals surface area contributed by atoms with E-state index >= 15 is 0 Å². The lowest BCUT2D eigenvalue weighted by Crippen LogP contribution is -2.27. The van der Waals surface area contributed by atoms with Gasteiger partial charge in [0, 0.05) is 20.3 Å².